The zero-order chi connectivity index (χ0) is 14.6. The predicted molar refractivity (Wildman–Crippen MR) is 81.6 cm³/mol. The van der Waals surface area contributed by atoms with Crippen molar-refractivity contribution in [2.24, 2.45) is 0 Å². The highest BCUT2D eigenvalue weighted by molar-refractivity contribution is 5.71. The summed E-state index contributed by atoms with van der Waals surface area (Å²) in [6, 6.07) is 0. The number of aliphatic hydroxyl groups excluding tert-OH is 1. The molecule has 1 fully saturated rings. The first-order valence-electron chi connectivity index (χ1n) is 8.61. The van der Waals surface area contributed by atoms with E-state index in [0.717, 1.165) is 12.8 Å². The largest absolute Gasteiger partial charge is 0.460 e. The van der Waals surface area contributed by atoms with Crippen LogP contribution in [-0.4, -0.2) is 23.3 Å². The maximum atomic E-state index is 11.0. The number of hydrogen-bond donors (Lipinski definition) is 1. The number of esters is 1. The van der Waals surface area contributed by atoms with Crippen molar-refractivity contribution in [3.63, 3.8) is 0 Å². The third-order valence-corrected chi connectivity index (χ3v) is 4.20. The zero-order valence-electron chi connectivity index (χ0n) is 13.1. The number of ether oxygens (including phenoxy) is 1. The van der Waals surface area contributed by atoms with Gasteiger partial charge in [-0.2, -0.15) is 0 Å². The Bertz CT molecular complexity index is 253. The molecular weight excluding hydrogens is 252 g/mol. The number of unbranched alkanes of at least 4 members (excludes halogenated alkanes) is 9. The van der Waals surface area contributed by atoms with Gasteiger partial charge in [-0.15, -0.1) is 0 Å². The average molecular weight is 284 g/mol. The molecule has 1 rings (SSSR count). The fraction of sp³-hybridized carbons (Fsp3) is 0.941. The summed E-state index contributed by atoms with van der Waals surface area (Å²) < 4.78 is 5.08. The minimum Gasteiger partial charge on any atom is -0.460 e. The quantitative estimate of drug-likeness (QED) is 0.428. The van der Waals surface area contributed by atoms with Gasteiger partial charge in [-0.1, -0.05) is 71.1 Å². The molecule has 3 heteroatoms. The number of rotatable bonds is 12. The van der Waals surface area contributed by atoms with Crippen molar-refractivity contribution in [2.75, 3.05) is 0 Å². The average Bonchev–Trinajstić information content (AvgIpc) is 2.87. The van der Waals surface area contributed by atoms with Crippen LogP contribution < -0.4 is 0 Å². The van der Waals surface area contributed by atoms with Crippen LogP contribution in [-0.2, 0) is 9.53 Å². The summed E-state index contributed by atoms with van der Waals surface area (Å²) >= 11 is 0. The van der Waals surface area contributed by atoms with Gasteiger partial charge in [0.25, 0.3) is 0 Å². The van der Waals surface area contributed by atoms with E-state index in [2.05, 4.69) is 6.92 Å². The molecule has 1 aliphatic rings. The van der Waals surface area contributed by atoms with E-state index >= 15 is 0 Å². The van der Waals surface area contributed by atoms with Gasteiger partial charge in [-0.25, -0.2) is 0 Å². The lowest BCUT2D eigenvalue weighted by molar-refractivity contribution is -0.145. The Labute approximate surface area is 124 Å². The lowest BCUT2D eigenvalue weighted by atomic mass is 10.0. The molecule has 1 aliphatic heterocycles. The number of cyclic esters (lactones) is 1. The molecule has 1 heterocycles. The Balaban J connectivity index is 1.83. The van der Waals surface area contributed by atoms with Crippen molar-refractivity contribution < 1.29 is 14.6 Å². The third kappa shape index (κ3) is 7.88. The fourth-order valence-corrected chi connectivity index (χ4v) is 2.84. The summed E-state index contributed by atoms with van der Waals surface area (Å²) in [5, 5.41) is 9.91. The molecule has 0 radical (unpaired) electrons. The van der Waals surface area contributed by atoms with Gasteiger partial charge < -0.3 is 9.84 Å². The number of aliphatic hydroxyl groups is 1. The van der Waals surface area contributed by atoms with Crippen molar-refractivity contribution in [3.8, 4) is 0 Å². The van der Waals surface area contributed by atoms with Gasteiger partial charge in [-0.05, 0) is 12.8 Å². The molecule has 1 N–H and O–H groups in total. The Hall–Kier alpha value is -0.570. The van der Waals surface area contributed by atoms with Crippen molar-refractivity contribution in [3.05, 3.63) is 0 Å². The summed E-state index contributed by atoms with van der Waals surface area (Å²) in [6.45, 7) is 2.25. The van der Waals surface area contributed by atoms with Crippen LogP contribution in [0, 0.1) is 0 Å². The molecule has 20 heavy (non-hydrogen) atoms. The summed E-state index contributed by atoms with van der Waals surface area (Å²) in [5.74, 6) is -0.155. The second-order valence-electron chi connectivity index (χ2n) is 6.10. The molecule has 1 unspecified atom stereocenters. The van der Waals surface area contributed by atoms with Crippen molar-refractivity contribution in [1.29, 1.82) is 0 Å². The van der Waals surface area contributed by atoms with Crippen molar-refractivity contribution >= 4 is 5.97 Å². The van der Waals surface area contributed by atoms with E-state index in [1.807, 2.05) is 0 Å². The second kappa shape index (κ2) is 11.1. The molecule has 0 aromatic carbocycles. The normalized spacial score (nSPS) is 20.1. The Morgan fingerprint density at radius 2 is 1.60 bits per heavy atom. The SMILES string of the molecule is CCCCCCCCCCCC[C@@H](O)C1CCC(=O)O1. The Kier molecular flexibility index (Phi) is 9.73. The van der Waals surface area contributed by atoms with Crippen LogP contribution in [0.1, 0.15) is 90.4 Å². The van der Waals surface area contributed by atoms with E-state index in [9.17, 15) is 9.90 Å². The standard InChI is InChI=1S/C17H32O3/c1-2-3-4-5-6-7-8-9-10-11-12-15(18)16-13-14-17(19)20-16/h15-16,18H,2-14H2,1H3/t15-,16?/m1/s1. The van der Waals surface area contributed by atoms with E-state index in [1.54, 1.807) is 0 Å². The van der Waals surface area contributed by atoms with Gasteiger partial charge in [-0.3, -0.25) is 4.79 Å². The molecule has 0 bridgehead atoms. The molecule has 0 saturated carbocycles. The molecule has 0 amide bonds. The van der Waals surface area contributed by atoms with Gasteiger partial charge in [0.1, 0.15) is 6.10 Å². The number of hydrogen-bond acceptors (Lipinski definition) is 3. The fourth-order valence-electron chi connectivity index (χ4n) is 2.84. The second-order valence-corrected chi connectivity index (χ2v) is 6.10. The highest BCUT2D eigenvalue weighted by atomic mass is 16.6. The van der Waals surface area contributed by atoms with E-state index in [4.69, 9.17) is 4.74 Å². The predicted octanol–water partition coefficient (Wildman–Crippen LogP) is 4.36. The molecule has 0 spiro atoms. The maximum Gasteiger partial charge on any atom is 0.306 e. The van der Waals surface area contributed by atoms with Gasteiger partial charge in [0.15, 0.2) is 0 Å². The monoisotopic (exact) mass is 284 g/mol. The van der Waals surface area contributed by atoms with Crippen molar-refractivity contribution in [2.45, 2.75) is 103 Å². The minimum absolute atomic E-state index is 0.155. The highest BCUT2D eigenvalue weighted by Gasteiger charge is 2.29. The Morgan fingerprint density at radius 3 is 2.10 bits per heavy atom. The lowest BCUT2D eigenvalue weighted by Crippen LogP contribution is -2.25. The third-order valence-electron chi connectivity index (χ3n) is 4.20. The van der Waals surface area contributed by atoms with E-state index in [0.29, 0.717) is 12.8 Å². The first kappa shape index (κ1) is 17.5. The maximum absolute atomic E-state index is 11.0. The van der Waals surface area contributed by atoms with Gasteiger partial charge in [0, 0.05) is 6.42 Å². The summed E-state index contributed by atoms with van der Waals surface area (Å²) in [6.07, 6.45) is 14.3. The molecule has 0 aliphatic carbocycles. The van der Waals surface area contributed by atoms with E-state index in [1.165, 1.54) is 57.8 Å². The van der Waals surface area contributed by atoms with Crippen LogP contribution in [0.4, 0.5) is 0 Å². The van der Waals surface area contributed by atoms with Gasteiger partial charge in [0.05, 0.1) is 6.10 Å². The lowest BCUT2D eigenvalue weighted by Gasteiger charge is -2.16. The molecule has 0 aromatic rings. The summed E-state index contributed by atoms with van der Waals surface area (Å²) in [7, 11) is 0. The van der Waals surface area contributed by atoms with Crippen LogP contribution in [0.5, 0.6) is 0 Å². The molecule has 2 atom stereocenters. The number of carbonyl (C=O) groups is 1. The Morgan fingerprint density at radius 1 is 1.05 bits per heavy atom. The van der Waals surface area contributed by atoms with Crippen molar-refractivity contribution in [1.82, 2.24) is 0 Å². The smallest absolute Gasteiger partial charge is 0.306 e. The molecule has 1 saturated heterocycles. The molecule has 118 valence electrons. The first-order valence-corrected chi connectivity index (χ1v) is 8.61. The summed E-state index contributed by atoms with van der Waals surface area (Å²) in [4.78, 5) is 11.0. The minimum atomic E-state index is -0.449. The van der Waals surface area contributed by atoms with E-state index in [-0.39, 0.29) is 12.1 Å². The van der Waals surface area contributed by atoms with Crippen LogP contribution in [0.25, 0.3) is 0 Å². The van der Waals surface area contributed by atoms with Crippen LogP contribution in [0.2, 0.25) is 0 Å². The molecule has 0 aromatic heterocycles. The zero-order valence-corrected chi connectivity index (χ0v) is 13.1. The van der Waals surface area contributed by atoms with E-state index < -0.39 is 6.10 Å². The number of carbonyl (C=O) groups excluding carboxylic acids is 1. The van der Waals surface area contributed by atoms with Crippen LogP contribution in [0.3, 0.4) is 0 Å². The van der Waals surface area contributed by atoms with Gasteiger partial charge in [0.2, 0.25) is 0 Å². The topological polar surface area (TPSA) is 46.5 Å². The first-order chi connectivity index (χ1) is 9.74. The highest BCUT2D eigenvalue weighted by Crippen LogP contribution is 2.20. The van der Waals surface area contributed by atoms with Crippen LogP contribution >= 0.6 is 0 Å². The molecule has 3 nitrogen and oxygen atoms in total. The molecular formula is C17H32O3. The summed E-state index contributed by atoms with van der Waals surface area (Å²) in [5.41, 5.74) is 0. The van der Waals surface area contributed by atoms with Crippen LogP contribution in [0.15, 0.2) is 0 Å². The van der Waals surface area contributed by atoms with Gasteiger partial charge >= 0.3 is 5.97 Å².